The van der Waals surface area contributed by atoms with Gasteiger partial charge in [0.1, 0.15) is 0 Å². The molecule has 3 N–H and O–H groups in total. The fraction of sp³-hybridized carbons (Fsp3) is 0.143. The molecule has 3 rings (SSSR count). The van der Waals surface area contributed by atoms with E-state index < -0.39 is 5.97 Å². The molecule has 0 saturated carbocycles. The number of benzene rings is 1. The maximum absolute atomic E-state index is 10.5. The highest BCUT2D eigenvalue weighted by molar-refractivity contribution is 5.94. The summed E-state index contributed by atoms with van der Waals surface area (Å²) in [5.74, 6) is -0.803. The molecule has 5 heteroatoms. The fourth-order valence-corrected chi connectivity index (χ4v) is 2.15. The number of fused-ring (bicyclic) bond motifs is 1. The molecule has 5 nitrogen and oxygen atoms in total. The molecule has 19 heavy (non-hydrogen) atoms. The number of nitrogens with one attached hydrogen (secondary N) is 2. The second-order valence-electron chi connectivity index (χ2n) is 4.42. The Labute approximate surface area is 109 Å². The molecule has 96 valence electrons. The molecule has 0 amide bonds. The average molecular weight is 255 g/mol. The monoisotopic (exact) mass is 255 g/mol. The Morgan fingerprint density at radius 1 is 1.32 bits per heavy atom. The minimum absolute atomic E-state index is 0.107. The van der Waals surface area contributed by atoms with Gasteiger partial charge in [0.05, 0.1) is 12.1 Å². The summed E-state index contributed by atoms with van der Waals surface area (Å²) in [6, 6.07) is 9.91. The second-order valence-corrected chi connectivity index (χ2v) is 4.42. The first-order chi connectivity index (χ1) is 9.24. The van der Waals surface area contributed by atoms with Crippen molar-refractivity contribution in [2.24, 2.45) is 0 Å². The molecule has 2 aromatic heterocycles. The number of carboxylic acids is 1. The molecule has 0 unspecified atom stereocenters. The van der Waals surface area contributed by atoms with Crippen LogP contribution in [0.2, 0.25) is 0 Å². The molecule has 0 spiro atoms. The van der Waals surface area contributed by atoms with Crippen molar-refractivity contribution in [3.63, 3.8) is 0 Å². The van der Waals surface area contributed by atoms with Crippen molar-refractivity contribution in [2.45, 2.75) is 12.8 Å². The molecule has 0 bridgehead atoms. The Bertz CT molecular complexity index is 727. The molecule has 0 aliphatic rings. The van der Waals surface area contributed by atoms with E-state index in [1.165, 1.54) is 0 Å². The Kier molecular flexibility index (Phi) is 2.79. The van der Waals surface area contributed by atoms with Crippen molar-refractivity contribution < 1.29 is 9.90 Å². The number of aliphatic carboxylic acids is 1. The Morgan fingerprint density at radius 3 is 3.00 bits per heavy atom. The number of aromatic amines is 2. The van der Waals surface area contributed by atoms with E-state index in [-0.39, 0.29) is 6.42 Å². The van der Waals surface area contributed by atoms with Crippen LogP contribution in [0.15, 0.2) is 36.5 Å². The van der Waals surface area contributed by atoms with Gasteiger partial charge in [-0.3, -0.25) is 9.89 Å². The molecule has 3 aromatic rings. The summed E-state index contributed by atoms with van der Waals surface area (Å²) in [7, 11) is 0. The second kappa shape index (κ2) is 4.61. The highest BCUT2D eigenvalue weighted by atomic mass is 16.4. The molecular weight excluding hydrogens is 242 g/mol. The third kappa shape index (κ3) is 2.22. The van der Waals surface area contributed by atoms with E-state index in [1.54, 1.807) is 0 Å². The van der Waals surface area contributed by atoms with Crippen molar-refractivity contribution in [3.8, 4) is 11.3 Å². The van der Waals surface area contributed by atoms with Crippen LogP contribution in [0.3, 0.4) is 0 Å². The Balaban J connectivity index is 1.92. The minimum atomic E-state index is -0.803. The van der Waals surface area contributed by atoms with E-state index in [9.17, 15) is 4.79 Å². The average Bonchev–Trinajstić information content (AvgIpc) is 3.02. The smallest absolute Gasteiger partial charge is 0.303 e. The van der Waals surface area contributed by atoms with Crippen LogP contribution in [0.4, 0.5) is 0 Å². The lowest BCUT2D eigenvalue weighted by molar-refractivity contribution is -0.136. The Hall–Kier alpha value is -2.56. The molecule has 1 aromatic carbocycles. The zero-order valence-electron chi connectivity index (χ0n) is 10.2. The minimum Gasteiger partial charge on any atom is -0.481 e. The van der Waals surface area contributed by atoms with Crippen LogP contribution in [0.5, 0.6) is 0 Å². The number of nitrogens with zero attached hydrogens (tertiary/aromatic N) is 1. The molecular formula is C14H13N3O2. The number of hydrogen-bond acceptors (Lipinski definition) is 2. The van der Waals surface area contributed by atoms with Crippen LogP contribution in [0.25, 0.3) is 22.2 Å². The summed E-state index contributed by atoms with van der Waals surface area (Å²) in [4.78, 5) is 13.7. The number of aromatic nitrogens is 3. The zero-order chi connectivity index (χ0) is 13.2. The summed E-state index contributed by atoms with van der Waals surface area (Å²) >= 11 is 0. The molecule has 0 radical (unpaired) electrons. The van der Waals surface area contributed by atoms with Gasteiger partial charge in [-0.1, -0.05) is 18.2 Å². The molecule has 0 aliphatic carbocycles. The zero-order valence-corrected chi connectivity index (χ0v) is 10.2. The molecule has 0 fully saturated rings. The molecule has 2 heterocycles. The van der Waals surface area contributed by atoms with Gasteiger partial charge in [-0.05, 0) is 18.6 Å². The SMILES string of the molecule is O=C(O)CCc1cc(-c2c[nH]c3ccccc23)n[nH]1. The van der Waals surface area contributed by atoms with Crippen molar-refractivity contribution >= 4 is 16.9 Å². The van der Waals surface area contributed by atoms with Gasteiger partial charge in [-0.2, -0.15) is 5.10 Å². The summed E-state index contributed by atoms with van der Waals surface area (Å²) < 4.78 is 0. The van der Waals surface area contributed by atoms with E-state index >= 15 is 0 Å². The van der Waals surface area contributed by atoms with Gasteiger partial charge in [-0.15, -0.1) is 0 Å². The van der Waals surface area contributed by atoms with Gasteiger partial charge >= 0.3 is 5.97 Å². The predicted molar refractivity (Wildman–Crippen MR) is 71.8 cm³/mol. The number of rotatable bonds is 4. The van der Waals surface area contributed by atoms with Gasteiger partial charge in [0.15, 0.2) is 0 Å². The van der Waals surface area contributed by atoms with Gasteiger partial charge in [0.25, 0.3) is 0 Å². The summed E-state index contributed by atoms with van der Waals surface area (Å²) in [6.45, 7) is 0. The summed E-state index contributed by atoms with van der Waals surface area (Å²) in [5.41, 5.74) is 3.75. The highest BCUT2D eigenvalue weighted by Gasteiger charge is 2.09. The van der Waals surface area contributed by atoms with Gasteiger partial charge < -0.3 is 10.1 Å². The van der Waals surface area contributed by atoms with Crippen LogP contribution < -0.4 is 0 Å². The van der Waals surface area contributed by atoms with Crippen LogP contribution in [-0.2, 0) is 11.2 Å². The van der Waals surface area contributed by atoms with Crippen molar-refractivity contribution in [1.82, 2.24) is 15.2 Å². The van der Waals surface area contributed by atoms with Crippen LogP contribution in [0, 0.1) is 0 Å². The molecule has 0 aliphatic heterocycles. The van der Waals surface area contributed by atoms with Crippen molar-refractivity contribution in [1.29, 1.82) is 0 Å². The molecule has 0 atom stereocenters. The van der Waals surface area contributed by atoms with Gasteiger partial charge in [0, 0.05) is 28.4 Å². The summed E-state index contributed by atoms with van der Waals surface area (Å²) in [5, 5.41) is 16.9. The lowest BCUT2D eigenvalue weighted by Gasteiger charge is -1.93. The first kappa shape index (κ1) is 11.5. The van der Waals surface area contributed by atoms with Crippen molar-refractivity contribution in [3.05, 3.63) is 42.2 Å². The van der Waals surface area contributed by atoms with Crippen LogP contribution in [-0.4, -0.2) is 26.3 Å². The first-order valence-electron chi connectivity index (χ1n) is 6.06. The van der Waals surface area contributed by atoms with E-state index in [2.05, 4.69) is 15.2 Å². The quantitative estimate of drug-likeness (QED) is 0.670. The van der Waals surface area contributed by atoms with Gasteiger partial charge in [-0.25, -0.2) is 0 Å². The topological polar surface area (TPSA) is 81.8 Å². The first-order valence-corrected chi connectivity index (χ1v) is 6.06. The number of carbonyl (C=O) groups is 1. The standard InChI is InChI=1S/C14H13N3O2/c18-14(19)6-5-9-7-13(17-16-9)11-8-15-12-4-2-1-3-10(11)12/h1-4,7-8,15H,5-6H2,(H,16,17)(H,18,19). The number of para-hydroxylation sites is 1. The predicted octanol–water partition coefficient (Wildman–Crippen LogP) is 2.58. The lowest BCUT2D eigenvalue weighted by atomic mass is 10.1. The number of hydrogen-bond donors (Lipinski definition) is 3. The number of H-pyrrole nitrogens is 2. The maximum atomic E-state index is 10.5. The van der Waals surface area contributed by atoms with E-state index in [0.717, 1.165) is 27.9 Å². The maximum Gasteiger partial charge on any atom is 0.303 e. The lowest BCUT2D eigenvalue weighted by Crippen LogP contribution is -1.97. The fourth-order valence-electron chi connectivity index (χ4n) is 2.15. The number of carboxylic acid groups (broad SMARTS) is 1. The van der Waals surface area contributed by atoms with Gasteiger partial charge in [0.2, 0.25) is 0 Å². The van der Waals surface area contributed by atoms with Crippen LogP contribution in [0.1, 0.15) is 12.1 Å². The van der Waals surface area contributed by atoms with Crippen molar-refractivity contribution in [2.75, 3.05) is 0 Å². The normalized spacial score (nSPS) is 10.9. The van der Waals surface area contributed by atoms with Crippen LogP contribution >= 0.6 is 0 Å². The largest absolute Gasteiger partial charge is 0.481 e. The van der Waals surface area contributed by atoms with E-state index in [0.29, 0.717) is 6.42 Å². The molecule has 0 saturated heterocycles. The third-order valence-corrected chi connectivity index (χ3v) is 3.10. The Morgan fingerprint density at radius 2 is 2.16 bits per heavy atom. The van der Waals surface area contributed by atoms with E-state index in [4.69, 9.17) is 5.11 Å². The summed E-state index contributed by atoms with van der Waals surface area (Å²) in [6.07, 6.45) is 2.49. The highest BCUT2D eigenvalue weighted by Crippen LogP contribution is 2.27. The third-order valence-electron chi connectivity index (χ3n) is 3.10. The number of aryl methyl sites for hydroxylation is 1. The van der Waals surface area contributed by atoms with E-state index in [1.807, 2.05) is 36.5 Å².